The van der Waals surface area contributed by atoms with Gasteiger partial charge in [0.2, 0.25) is 5.91 Å². The van der Waals surface area contributed by atoms with E-state index in [1.807, 2.05) is 0 Å². The molecule has 2 aromatic rings. The maximum absolute atomic E-state index is 13.2. The van der Waals surface area contributed by atoms with Gasteiger partial charge in [-0.05, 0) is 36.2 Å². The second-order valence-electron chi connectivity index (χ2n) is 5.73. The van der Waals surface area contributed by atoms with Gasteiger partial charge in [-0.2, -0.15) is 0 Å². The van der Waals surface area contributed by atoms with Crippen molar-refractivity contribution in [2.75, 3.05) is 5.32 Å². The average Bonchev–Trinajstić information content (AvgIpc) is 2.63. The molecule has 0 unspecified atom stereocenters. The van der Waals surface area contributed by atoms with Crippen molar-refractivity contribution in [3.63, 3.8) is 0 Å². The SMILES string of the molecule is O=C([O-])CCC(=O)NN1C(=O)c2ccccc2N[C@@H]1c1ccc(F)cc1. The van der Waals surface area contributed by atoms with Gasteiger partial charge in [0.25, 0.3) is 5.91 Å². The van der Waals surface area contributed by atoms with Crippen LogP contribution in [0.15, 0.2) is 48.5 Å². The summed E-state index contributed by atoms with van der Waals surface area (Å²) in [4.78, 5) is 35.4. The Labute approximate surface area is 148 Å². The van der Waals surface area contributed by atoms with E-state index in [1.165, 1.54) is 24.3 Å². The number of fused-ring (bicyclic) bond motifs is 1. The first-order valence-corrected chi connectivity index (χ1v) is 7.89. The number of hydrogen-bond donors (Lipinski definition) is 2. The molecule has 1 heterocycles. The minimum Gasteiger partial charge on any atom is -0.550 e. The number of halogens is 1. The van der Waals surface area contributed by atoms with Crippen molar-refractivity contribution in [1.82, 2.24) is 10.4 Å². The highest BCUT2D eigenvalue weighted by atomic mass is 19.1. The number of hydrazine groups is 1. The van der Waals surface area contributed by atoms with Gasteiger partial charge in [-0.1, -0.05) is 24.3 Å². The van der Waals surface area contributed by atoms with Gasteiger partial charge >= 0.3 is 0 Å². The van der Waals surface area contributed by atoms with Gasteiger partial charge in [-0.15, -0.1) is 0 Å². The number of amides is 2. The first kappa shape index (κ1) is 17.4. The fourth-order valence-electron chi connectivity index (χ4n) is 2.65. The van der Waals surface area contributed by atoms with Crippen LogP contribution >= 0.6 is 0 Å². The lowest BCUT2D eigenvalue weighted by Gasteiger charge is -2.37. The second kappa shape index (κ2) is 7.22. The number of rotatable bonds is 5. The maximum Gasteiger partial charge on any atom is 0.276 e. The van der Waals surface area contributed by atoms with Crippen LogP contribution in [0.2, 0.25) is 0 Å². The summed E-state index contributed by atoms with van der Waals surface area (Å²) in [5, 5.41) is 14.7. The molecule has 2 amide bonds. The molecule has 134 valence electrons. The van der Waals surface area contributed by atoms with Gasteiger partial charge in [-0.3, -0.25) is 15.0 Å². The number of carbonyl (C=O) groups is 3. The van der Waals surface area contributed by atoms with E-state index in [0.29, 0.717) is 16.8 Å². The fraction of sp³-hybridized carbons (Fsp3) is 0.167. The summed E-state index contributed by atoms with van der Waals surface area (Å²) in [6.07, 6.45) is -1.56. The Morgan fingerprint density at radius 2 is 1.81 bits per heavy atom. The van der Waals surface area contributed by atoms with Gasteiger partial charge < -0.3 is 15.2 Å². The molecule has 0 aliphatic carbocycles. The van der Waals surface area contributed by atoms with E-state index in [4.69, 9.17) is 0 Å². The predicted molar refractivity (Wildman–Crippen MR) is 87.8 cm³/mol. The van der Waals surface area contributed by atoms with E-state index in [-0.39, 0.29) is 6.42 Å². The topological polar surface area (TPSA) is 102 Å². The van der Waals surface area contributed by atoms with Crippen molar-refractivity contribution in [3.05, 3.63) is 65.5 Å². The smallest absolute Gasteiger partial charge is 0.276 e. The molecule has 1 aliphatic rings. The molecule has 0 aromatic heterocycles. The maximum atomic E-state index is 13.2. The quantitative estimate of drug-likeness (QED) is 0.831. The van der Waals surface area contributed by atoms with Crippen LogP contribution < -0.4 is 15.8 Å². The number of carboxylic acid groups (broad SMARTS) is 1. The van der Waals surface area contributed by atoms with E-state index in [9.17, 15) is 23.9 Å². The molecule has 26 heavy (non-hydrogen) atoms. The zero-order chi connectivity index (χ0) is 18.7. The number of carbonyl (C=O) groups excluding carboxylic acids is 3. The molecule has 1 atom stereocenters. The summed E-state index contributed by atoms with van der Waals surface area (Å²) < 4.78 is 13.2. The predicted octanol–water partition coefficient (Wildman–Crippen LogP) is 0.953. The van der Waals surface area contributed by atoms with Crippen molar-refractivity contribution in [1.29, 1.82) is 0 Å². The molecule has 1 aliphatic heterocycles. The summed E-state index contributed by atoms with van der Waals surface area (Å²) in [6, 6.07) is 12.3. The summed E-state index contributed by atoms with van der Waals surface area (Å²) >= 11 is 0. The number of anilines is 1. The molecule has 0 saturated carbocycles. The average molecular weight is 356 g/mol. The van der Waals surface area contributed by atoms with Crippen LogP contribution in [0.4, 0.5) is 10.1 Å². The van der Waals surface area contributed by atoms with E-state index >= 15 is 0 Å². The second-order valence-corrected chi connectivity index (χ2v) is 5.73. The first-order valence-electron chi connectivity index (χ1n) is 7.89. The molecular weight excluding hydrogens is 341 g/mol. The number of carboxylic acids is 1. The van der Waals surface area contributed by atoms with E-state index in [1.54, 1.807) is 24.3 Å². The Balaban J connectivity index is 1.91. The Bertz CT molecular complexity index is 854. The molecule has 0 spiro atoms. The highest BCUT2D eigenvalue weighted by Crippen LogP contribution is 2.31. The lowest BCUT2D eigenvalue weighted by molar-refractivity contribution is -0.305. The standard InChI is InChI=1S/C18H16FN3O4/c19-12-7-5-11(6-8-12)17-20-14-4-2-1-3-13(14)18(26)22(17)21-15(23)9-10-16(24)25/h1-8,17,20H,9-10H2,(H,21,23)(H,24,25)/p-1/t17-/m0/s1. The lowest BCUT2D eigenvalue weighted by atomic mass is 10.0. The highest BCUT2D eigenvalue weighted by Gasteiger charge is 2.34. The Hall–Kier alpha value is -3.42. The number of nitrogens with zero attached hydrogens (tertiary/aromatic N) is 1. The molecule has 2 aromatic carbocycles. The summed E-state index contributed by atoms with van der Waals surface area (Å²) in [6.45, 7) is 0. The molecule has 3 rings (SSSR count). The number of aliphatic carboxylic acids is 1. The lowest BCUT2D eigenvalue weighted by Crippen LogP contribution is -2.53. The van der Waals surface area contributed by atoms with Crippen LogP contribution in [0.3, 0.4) is 0 Å². The van der Waals surface area contributed by atoms with Gasteiger partial charge in [0.05, 0.1) is 5.56 Å². The minimum absolute atomic E-state index is 0.329. The molecule has 7 nitrogen and oxygen atoms in total. The Kier molecular flexibility index (Phi) is 4.83. The summed E-state index contributed by atoms with van der Waals surface area (Å²) in [5.74, 6) is -2.89. The van der Waals surface area contributed by atoms with Gasteiger partial charge in [-0.25, -0.2) is 9.40 Å². The van der Waals surface area contributed by atoms with Crippen LogP contribution in [0, 0.1) is 5.82 Å². The fourth-order valence-corrected chi connectivity index (χ4v) is 2.65. The van der Waals surface area contributed by atoms with E-state index in [0.717, 1.165) is 5.01 Å². The highest BCUT2D eigenvalue weighted by molar-refractivity contribution is 6.02. The molecule has 0 radical (unpaired) electrons. The number of hydrogen-bond acceptors (Lipinski definition) is 5. The Morgan fingerprint density at radius 1 is 1.12 bits per heavy atom. The van der Waals surface area contributed by atoms with Crippen molar-refractivity contribution in [2.24, 2.45) is 0 Å². The third kappa shape index (κ3) is 3.64. The summed E-state index contributed by atoms with van der Waals surface area (Å²) in [7, 11) is 0. The monoisotopic (exact) mass is 356 g/mol. The summed E-state index contributed by atoms with van der Waals surface area (Å²) in [5.41, 5.74) is 3.90. The van der Waals surface area contributed by atoms with Crippen molar-refractivity contribution in [3.8, 4) is 0 Å². The number of benzene rings is 2. The molecule has 0 fully saturated rings. The van der Waals surface area contributed by atoms with E-state index < -0.39 is 36.2 Å². The van der Waals surface area contributed by atoms with Crippen LogP contribution in [0.1, 0.15) is 34.9 Å². The van der Waals surface area contributed by atoms with Crippen LogP contribution in [-0.4, -0.2) is 22.8 Å². The minimum atomic E-state index is -1.36. The van der Waals surface area contributed by atoms with Crippen LogP contribution in [0.5, 0.6) is 0 Å². The Morgan fingerprint density at radius 3 is 2.50 bits per heavy atom. The normalized spacial score (nSPS) is 15.8. The molecule has 0 bridgehead atoms. The molecule has 8 heteroatoms. The third-order valence-electron chi connectivity index (χ3n) is 3.91. The first-order chi connectivity index (χ1) is 12.5. The van der Waals surface area contributed by atoms with Crippen molar-refractivity contribution >= 4 is 23.5 Å². The number of nitrogens with one attached hydrogen (secondary N) is 2. The number of para-hydroxylation sites is 1. The van der Waals surface area contributed by atoms with Crippen LogP contribution in [0.25, 0.3) is 0 Å². The van der Waals surface area contributed by atoms with Crippen LogP contribution in [-0.2, 0) is 9.59 Å². The zero-order valence-corrected chi connectivity index (χ0v) is 13.6. The molecule has 2 N–H and O–H groups in total. The van der Waals surface area contributed by atoms with Crippen molar-refractivity contribution < 1.29 is 23.9 Å². The zero-order valence-electron chi connectivity index (χ0n) is 13.6. The van der Waals surface area contributed by atoms with Gasteiger partial charge in [0.15, 0.2) is 0 Å². The van der Waals surface area contributed by atoms with Gasteiger partial charge in [0, 0.05) is 18.1 Å². The third-order valence-corrected chi connectivity index (χ3v) is 3.91. The largest absolute Gasteiger partial charge is 0.550 e. The van der Waals surface area contributed by atoms with Crippen molar-refractivity contribution in [2.45, 2.75) is 19.0 Å². The molecule has 0 saturated heterocycles. The van der Waals surface area contributed by atoms with Gasteiger partial charge in [0.1, 0.15) is 12.0 Å². The molecular formula is C18H15FN3O4-. The van der Waals surface area contributed by atoms with E-state index in [2.05, 4.69) is 10.7 Å².